The summed E-state index contributed by atoms with van der Waals surface area (Å²) in [5.41, 5.74) is 6.24. The first-order valence-corrected chi connectivity index (χ1v) is 3.07. The highest BCUT2D eigenvalue weighted by Gasteiger charge is 2.04. The molecule has 0 aliphatic heterocycles. The van der Waals surface area contributed by atoms with Crippen LogP contribution in [0.1, 0.15) is 11.5 Å². The first-order chi connectivity index (χ1) is 4.77. The fraction of sp³-hybridized carbons (Fsp3) is 0.500. The number of hydrogen-bond acceptors (Lipinski definition) is 3. The molecule has 0 radical (unpaired) electrons. The van der Waals surface area contributed by atoms with Gasteiger partial charge in [-0.05, 0) is 6.92 Å². The van der Waals surface area contributed by atoms with Crippen LogP contribution in [-0.2, 0) is 6.54 Å². The predicted octanol–water partition coefficient (Wildman–Crippen LogP) is 0.185. The maximum atomic E-state index is 5.39. The van der Waals surface area contributed by atoms with E-state index in [1.165, 1.54) is 0 Å². The zero-order chi connectivity index (χ0) is 7.56. The van der Waals surface area contributed by atoms with E-state index in [9.17, 15) is 0 Å². The van der Waals surface area contributed by atoms with Crippen molar-refractivity contribution in [3.05, 3.63) is 11.5 Å². The lowest BCUT2D eigenvalue weighted by Crippen LogP contribution is -1.98. The lowest BCUT2D eigenvalue weighted by Gasteiger charge is -1.94. The highest BCUT2D eigenvalue weighted by atomic mass is 16.5. The number of methoxy groups -OCH3 is 1. The molecule has 56 valence electrons. The molecule has 1 aromatic heterocycles. The van der Waals surface area contributed by atoms with Gasteiger partial charge >= 0.3 is 0 Å². The van der Waals surface area contributed by atoms with Crippen molar-refractivity contribution in [1.82, 2.24) is 9.97 Å². The van der Waals surface area contributed by atoms with E-state index in [-0.39, 0.29) is 0 Å². The number of hydrogen-bond donors (Lipinski definition) is 2. The van der Waals surface area contributed by atoms with Gasteiger partial charge in [-0.3, -0.25) is 0 Å². The van der Waals surface area contributed by atoms with Crippen LogP contribution in [0.15, 0.2) is 0 Å². The second kappa shape index (κ2) is 2.70. The summed E-state index contributed by atoms with van der Waals surface area (Å²) in [5.74, 6) is 1.43. The normalized spacial score (nSPS) is 9.90. The molecule has 0 aliphatic carbocycles. The quantitative estimate of drug-likeness (QED) is 0.617. The Morgan fingerprint density at radius 1 is 1.70 bits per heavy atom. The lowest BCUT2D eigenvalue weighted by atomic mass is 10.5. The summed E-state index contributed by atoms with van der Waals surface area (Å²) in [5, 5.41) is 0. The topological polar surface area (TPSA) is 63.9 Å². The van der Waals surface area contributed by atoms with Crippen LogP contribution >= 0.6 is 0 Å². The van der Waals surface area contributed by atoms with E-state index in [4.69, 9.17) is 10.5 Å². The highest BCUT2D eigenvalue weighted by Crippen LogP contribution is 2.12. The SMILES string of the molecule is COc1nc(C)[nH]c1CN. The molecule has 4 heteroatoms. The first kappa shape index (κ1) is 7.08. The number of ether oxygens (including phenoxy) is 1. The molecule has 0 aromatic carbocycles. The van der Waals surface area contributed by atoms with Crippen LogP contribution in [-0.4, -0.2) is 17.1 Å². The van der Waals surface area contributed by atoms with Crippen molar-refractivity contribution in [2.75, 3.05) is 7.11 Å². The van der Waals surface area contributed by atoms with Gasteiger partial charge in [0.05, 0.1) is 12.8 Å². The molecule has 0 fully saturated rings. The number of aryl methyl sites for hydroxylation is 1. The summed E-state index contributed by atoms with van der Waals surface area (Å²) in [6.07, 6.45) is 0. The van der Waals surface area contributed by atoms with Gasteiger partial charge in [0.15, 0.2) is 0 Å². The molecule has 1 aromatic rings. The zero-order valence-corrected chi connectivity index (χ0v) is 6.14. The third-order valence-electron chi connectivity index (χ3n) is 1.26. The fourth-order valence-electron chi connectivity index (χ4n) is 0.827. The summed E-state index contributed by atoms with van der Waals surface area (Å²) < 4.78 is 4.93. The molecular formula is C6H11N3O. The van der Waals surface area contributed by atoms with Gasteiger partial charge in [-0.1, -0.05) is 0 Å². The molecule has 0 unspecified atom stereocenters. The van der Waals surface area contributed by atoms with E-state index in [1.54, 1.807) is 7.11 Å². The van der Waals surface area contributed by atoms with E-state index in [2.05, 4.69) is 9.97 Å². The van der Waals surface area contributed by atoms with Gasteiger partial charge in [0.25, 0.3) is 0 Å². The summed E-state index contributed by atoms with van der Waals surface area (Å²) in [6, 6.07) is 0. The molecule has 0 amide bonds. The number of aromatic amines is 1. The third-order valence-corrected chi connectivity index (χ3v) is 1.26. The summed E-state index contributed by atoms with van der Waals surface area (Å²) in [7, 11) is 1.58. The number of H-pyrrole nitrogens is 1. The fourth-order valence-corrected chi connectivity index (χ4v) is 0.827. The minimum absolute atomic E-state index is 0.435. The Labute approximate surface area is 59.4 Å². The highest BCUT2D eigenvalue weighted by molar-refractivity contribution is 5.19. The Kier molecular flexibility index (Phi) is 1.91. The second-order valence-electron chi connectivity index (χ2n) is 2.01. The molecule has 0 saturated heterocycles. The Morgan fingerprint density at radius 3 is 2.80 bits per heavy atom. The van der Waals surface area contributed by atoms with Gasteiger partial charge in [-0.15, -0.1) is 0 Å². The van der Waals surface area contributed by atoms with Crippen LogP contribution in [0.3, 0.4) is 0 Å². The largest absolute Gasteiger partial charge is 0.480 e. The van der Waals surface area contributed by atoms with Crippen molar-refractivity contribution in [3.63, 3.8) is 0 Å². The monoisotopic (exact) mass is 141 g/mol. The average Bonchev–Trinajstić information content (AvgIpc) is 2.30. The third kappa shape index (κ3) is 1.11. The lowest BCUT2D eigenvalue weighted by molar-refractivity contribution is 0.394. The van der Waals surface area contributed by atoms with E-state index in [0.717, 1.165) is 11.5 Å². The molecule has 0 bridgehead atoms. The Bertz CT molecular complexity index is 197. The first-order valence-electron chi connectivity index (χ1n) is 3.07. The van der Waals surface area contributed by atoms with Crippen LogP contribution in [0.25, 0.3) is 0 Å². The zero-order valence-electron chi connectivity index (χ0n) is 6.14. The summed E-state index contributed by atoms with van der Waals surface area (Å²) in [4.78, 5) is 7.03. The Balaban J connectivity index is 2.96. The maximum absolute atomic E-state index is 5.39. The van der Waals surface area contributed by atoms with Crippen molar-refractivity contribution in [1.29, 1.82) is 0 Å². The standard InChI is InChI=1S/C6H11N3O/c1-4-8-5(3-7)6(9-4)10-2/h3,7H2,1-2H3,(H,8,9). The number of nitrogens with one attached hydrogen (secondary N) is 1. The summed E-state index contributed by atoms with van der Waals surface area (Å²) in [6.45, 7) is 2.30. The minimum atomic E-state index is 0.435. The van der Waals surface area contributed by atoms with E-state index >= 15 is 0 Å². The van der Waals surface area contributed by atoms with Gasteiger partial charge in [0, 0.05) is 6.54 Å². The van der Waals surface area contributed by atoms with Gasteiger partial charge < -0.3 is 15.5 Å². The van der Waals surface area contributed by atoms with Crippen LogP contribution < -0.4 is 10.5 Å². The Hall–Kier alpha value is -1.03. The minimum Gasteiger partial charge on any atom is -0.480 e. The van der Waals surface area contributed by atoms with Crippen LogP contribution in [0.4, 0.5) is 0 Å². The van der Waals surface area contributed by atoms with Crippen molar-refractivity contribution in [2.45, 2.75) is 13.5 Å². The van der Waals surface area contributed by atoms with E-state index in [0.29, 0.717) is 12.4 Å². The van der Waals surface area contributed by atoms with Gasteiger partial charge in [0.2, 0.25) is 5.88 Å². The molecule has 3 N–H and O–H groups in total. The van der Waals surface area contributed by atoms with Gasteiger partial charge in [-0.2, -0.15) is 4.98 Å². The molecule has 4 nitrogen and oxygen atoms in total. The van der Waals surface area contributed by atoms with Crippen molar-refractivity contribution >= 4 is 0 Å². The molecule has 10 heavy (non-hydrogen) atoms. The average molecular weight is 141 g/mol. The van der Waals surface area contributed by atoms with E-state index in [1.807, 2.05) is 6.92 Å². The molecular weight excluding hydrogens is 130 g/mol. The number of nitrogens with zero attached hydrogens (tertiary/aromatic N) is 1. The molecule has 0 spiro atoms. The number of aromatic nitrogens is 2. The molecule has 0 saturated carbocycles. The van der Waals surface area contributed by atoms with Gasteiger partial charge in [0.1, 0.15) is 5.82 Å². The number of imidazole rings is 1. The second-order valence-corrected chi connectivity index (χ2v) is 2.01. The smallest absolute Gasteiger partial charge is 0.236 e. The van der Waals surface area contributed by atoms with Crippen LogP contribution in [0.5, 0.6) is 5.88 Å². The van der Waals surface area contributed by atoms with Gasteiger partial charge in [-0.25, -0.2) is 0 Å². The summed E-state index contributed by atoms with van der Waals surface area (Å²) >= 11 is 0. The van der Waals surface area contributed by atoms with Crippen LogP contribution in [0, 0.1) is 6.92 Å². The predicted molar refractivity (Wildman–Crippen MR) is 37.8 cm³/mol. The maximum Gasteiger partial charge on any atom is 0.236 e. The van der Waals surface area contributed by atoms with Crippen LogP contribution in [0.2, 0.25) is 0 Å². The van der Waals surface area contributed by atoms with E-state index < -0.39 is 0 Å². The molecule has 0 atom stereocenters. The number of nitrogens with two attached hydrogens (primary N) is 1. The number of rotatable bonds is 2. The van der Waals surface area contributed by atoms with Crippen molar-refractivity contribution in [3.8, 4) is 5.88 Å². The molecule has 1 heterocycles. The van der Waals surface area contributed by atoms with Crippen molar-refractivity contribution < 1.29 is 4.74 Å². The Morgan fingerprint density at radius 2 is 2.40 bits per heavy atom. The molecule has 1 rings (SSSR count). The molecule has 0 aliphatic rings. The van der Waals surface area contributed by atoms with Crippen molar-refractivity contribution in [2.24, 2.45) is 5.73 Å².